The van der Waals surface area contributed by atoms with Crippen LogP contribution >= 0.6 is 0 Å². The van der Waals surface area contributed by atoms with Crippen molar-refractivity contribution in [1.82, 2.24) is 10.0 Å². The van der Waals surface area contributed by atoms with Crippen LogP contribution in [0.2, 0.25) is 0 Å². The molecule has 19 heavy (non-hydrogen) atoms. The number of hydrogen-bond donors (Lipinski definition) is 2. The first kappa shape index (κ1) is 15.0. The fourth-order valence-electron chi connectivity index (χ4n) is 1.37. The highest BCUT2D eigenvalue weighted by Crippen LogP contribution is 2.24. The van der Waals surface area contributed by atoms with Crippen LogP contribution in [-0.2, 0) is 10.0 Å². The number of benzene rings is 1. The number of carbonyl (C=O) groups is 1. The van der Waals surface area contributed by atoms with E-state index in [0.717, 1.165) is 0 Å². The second-order valence-electron chi connectivity index (χ2n) is 3.46. The van der Waals surface area contributed by atoms with Crippen LogP contribution in [0.25, 0.3) is 0 Å². The third kappa shape index (κ3) is 3.47. The highest BCUT2D eigenvalue weighted by atomic mass is 32.2. The Labute approximate surface area is 112 Å². The van der Waals surface area contributed by atoms with E-state index in [1.165, 1.54) is 32.4 Å². The third-order valence-electron chi connectivity index (χ3n) is 2.34. The molecule has 0 bridgehead atoms. The van der Waals surface area contributed by atoms with Gasteiger partial charge >= 0.3 is 0 Å². The summed E-state index contributed by atoms with van der Waals surface area (Å²) in [6.07, 6.45) is 5.03. The smallest absolute Gasteiger partial charge is 0.252 e. The van der Waals surface area contributed by atoms with E-state index in [4.69, 9.17) is 11.2 Å². The van der Waals surface area contributed by atoms with Gasteiger partial charge in [-0.15, -0.1) is 6.42 Å². The van der Waals surface area contributed by atoms with Crippen molar-refractivity contribution in [2.45, 2.75) is 4.90 Å². The maximum Gasteiger partial charge on any atom is 0.252 e. The summed E-state index contributed by atoms with van der Waals surface area (Å²) in [7, 11) is -1.09. The molecule has 102 valence electrons. The van der Waals surface area contributed by atoms with Crippen LogP contribution in [0.3, 0.4) is 0 Å². The molecule has 6 nitrogen and oxygen atoms in total. The largest absolute Gasteiger partial charge is 0.495 e. The van der Waals surface area contributed by atoms with Crippen molar-refractivity contribution >= 4 is 15.9 Å². The van der Waals surface area contributed by atoms with Gasteiger partial charge in [0.25, 0.3) is 5.91 Å². The molecule has 0 fully saturated rings. The third-order valence-corrected chi connectivity index (χ3v) is 3.77. The quantitative estimate of drug-likeness (QED) is 0.743. The normalized spacial score (nSPS) is 10.6. The van der Waals surface area contributed by atoms with Crippen LogP contribution in [0.15, 0.2) is 23.1 Å². The molecule has 1 aromatic rings. The van der Waals surface area contributed by atoms with Gasteiger partial charge in [-0.3, -0.25) is 4.79 Å². The summed E-state index contributed by atoms with van der Waals surface area (Å²) in [4.78, 5) is 11.6. The summed E-state index contributed by atoms with van der Waals surface area (Å²) in [5.74, 6) is 1.96. The molecule has 7 heteroatoms. The second kappa shape index (κ2) is 6.22. The zero-order valence-electron chi connectivity index (χ0n) is 10.6. The van der Waals surface area contributed by atoms with E-state index in [1.807, 2.05) is 0 Å². The van der Waals surface area contributed by atoms with Crippen LogP contribution in [0.4, 0.5) is 0 Å². The van der Waals surface area contributed by atoms with E-state index >= 15 is 0 Å². The molecule has 1 aromatic carbocycles. The average Bonchev–Trinajstić information content (AvgIpc) is 2.43. The maximum atomic E-state index is 11.8. The Morgan fingerprint density at radius 2 is 2.16 bits per heavy atom. The highest BCUT2D eigenvalue weighted by molar-refractivity contribution is 7.89. The van der Waals surface area contributed by atoms with Gasteiger partial charge in [0, 0.05) is 5.56 Å². The number of rotatable bonds is 5. The Morgan fingerprint density at radius 3 is 2.68 bits per heavy atom. The molecule has 0 unspecified atom stereocenters. The zero-order valence-corrected chi connectivity index (χ0v) is 11.4. The minimum Gasteiger partial charge on any atom is -0.495 e. The first-order valence-electron chi connectivity index (χ1n) is 5.29. The van der Waals surface area contributed by atoms with E-state index in [0.29, 0.717) is 0 Å². The monoisotopic (exact) mass is 282 g/mol. The average molecular weight is 282 g/mol. The van der Waals surface area contributed by atoms with Crippen molar-refractivity contribution in [3.63, 3.8) is 0 Å². The molecule has 2 N–H and O–H groups in total. The lowest BCUT2D eigenvalue weighted by Gasteiger charge is -2.10. The molecule has 0 aromatic heterocycles. The van der Waals surface area contributed by atoms with Gasteiger partial charge in [0.2, 0.25) is 10.0 Å². The van der Waals surface area contributed by atoms with Crippen molar-refractivity contribution in [3.8, 4) is 18.1 Å². The first-order valence-corrected chi connectivity index (χ1v) is 6.78. The number of ether oxygens (including phenoxy) is 1. The molecule has 0 atom stereocenters. The predicted octanol–water partition coefficient (Wildman–Crippen LogP) is -0.0337. The second-order valence-corrected chi connectivity index (χ2v) is 5.31. The van der Waals surface area contributed by atoms with E-state index in [9.17, 15) is 13.2 Å². The number of amides is 1. The van der Waals surface area contributed by atoms with Gasteiger partial charge in [-0.25, -0.2) is 13.1 Å². The summed E-state index contributed by atoms with van der Waals surface area (Å²) in [5, 5.41) is 2.45. The van der Waals surface area contributed by atoms with Crippen molar-refractivity contribution in [2.24, 2.45) is 0 Å². The Hall–Kier alpha value is -2.04. The number of hydrogen-bond acceptors (Lipinski definition) is 4. The van der Waals surface area contributed by atoms with E-state index in [-0.39, 0.29) is 22.8 Å². The fraction of sp³-hybridized carbons (Fsp3) is 0.250. The molecule has 0 aliphatic heterocycles. The molecule has 0 radical (unpaired) electrons. The lowest BCUT2D eigenvalue weighted by molar-refractivity contribution is 0.0958. The molecule has 0 aliphatic rings. The van der Waals surface area contributed by atoms with Gasteiger partial charge in [-0.2, -0.15) is 0 Å². The van der Waals surface area contributed by atoms with Crippen LogP contribution in [0, 0.1) is 12.3 Å². The molecule has 0 saturated carbocycles. The lowest BCUT2D eigenvalue weighted by Crippen LogP contribution is -2.25. The molecule has 0 saturated heterocycles. The van der Waals surface area contributed by atoms with Gasteiger partial charge in [-0.1, -0.05) is 5.92 Å². The molecule has 0 spiro atoms. The van der Waals surface area contributed by atoms with Gasteiger partial charge in [-0.05, 0) is 25.2 Å². The Balaban J connectivity index is 3.24. The van der Waals surface area contributed by atoms with Gasteiger partial charge in [0.15, 0.2) is 0 Å². The van der Waals surface area contributed by atoms with Crippen LogP contribution in [0.1, 0.15) is 10.4 Å². The molecular formula is C12H14N2O4S. The van der Waals surface area contributed by atoms with Crippen LogP contribution in [0.5, 0.6) is 5.75 Å². The molecule has 1 rings (SSSR count). The standard InChI is InChI=1S/C12H14N2O4S/c1-4-7-14-12(15)9-5-6-10(18-3)11(8-9)19(16,17)13-2/h1,5-6,8,13H,7H2,2-3H3,(H,14,15). The Morgan fingerprint density at radius 1 is 1.47 bits per heavy atom. The predicted molar refractivity (Wildman–Crippen MR) is 70.4 cm³/mol. The lowest BCUT2D eigenvalue weighted by atomic mass is 10.2. The summed E-state index contributed by atoms with van der Waals surface area (Å²) in [6, 6.07) is 4.10. The number of terminal acetylenes is 1. The van der Waals surface area contributed by atoms with Crippen LogP contribution in [-0.4, -0.2) is 35.0 Å². The van der Waals surface area contributed by atoms with Crippen molar-refractivity contribution in [2.75, 3.05) is 20.7 Å². The van der Waals surface area contributed by atoms with E-state index < -0.39 is 15.9 Å². The molecule has 0 aliphatic carbocycles. The first-order chi connectivity index (χ1) is 8.96. The summed E-state index contributed by atoms with van der Waals surface area (Å²) >= 11 is 0. The SMILES string of the molecule is C#CCNC(=O)c1ccc(OC)c(S(=O)(=O)NC)c1. The minimum atomic E-state index is -3.71. The minimum absolute atomic E-state index is 0.0684. The molecule has 0 heterocycles. The maximum absolute atomic E-state index is 11.8. The molecular weight excluding hydrogens is 268 g/mol. The fourth-order valence-corrected chi connectivity index (χ4v) is 2.29. The van der Waals surface area contributed by atoms with Gasteiger partial charge in [0.05, 0.1) is 13.7 Å². The Bertz CT molecular complexity index is 617. The van der Waals surface area contributed by atoms with Gasteiger partial charge in [0.1, 0.15) is 10.6 Å². The van der Waals surface area contributed by atoms with E-state index in [2.05, 4.69) is 16.0 Å². The van der Waals surface area contributed by atoms with Gasteiger partial charge < -0.3 is 10.1 Å². The Kier molecular flexibility index (Phi) is 4.92. The zero-order chi connectivity index (χ0) is 14.5. The summed E-state index contributed by atoms with van der Waals surface area (Å²) in [6.45, 7) is 0.0684. The van der Waals surface area contributed by atoms with Crippen molar-refractivity contribution < 1.29 is 17.9 Å². The number of carbonyl (C=O) groups excluding carboxylic acids is 1. The number of nitrogens with one attached hydrogen (secondary N) is 2. The van der Waals surface area contributed by atoms with Crippen LogP contribution < -0.4 is 14.8 Å². The molecule has 1 amide bonds. The highest BCUT2D eigenvalue weighted by Gasteiger charge is 2.19. The van der Waals surface area contributed by atoms with Crippen molar-refractivity contribution in [3.05, 3.63) is 23.8 Å². The van der Waals surface area contributed by atoms with Crippen molar-refractivity contribution in [1.29, 1.82) is 0 Å². The topological polar surface area (TPSA) is 84.5 Å². The number of sulfonamides is 1. The summed E-state index contributed by atoms with van der Waals surface area (Å²) in [5.41, 5.74) is 0.185. The van der Waals surface area contributed by atoms with E-state index in [1.54, 1.807) is 0 Å². The number of methoxy groups -OCH3 is 1. The summed E-state index contributed by atoms with van der Waals surface area (Å²) < 4.78 is 30.8.